The van der Waals surface area contributed by atoms with E-state index in [-0.39, 0.29) is 0 Å². The predicted octanol–water partition coefficient (Wildman–Crippen LogP) is 4.89. The summed E-state index contributed by atoms with van der Waals surface area (Å²) in [6, 6.07) is 16.5. The van der Waals surface area contributed by atoms with E-state index in [2.05, 4.69) is 40.3 Å². The minimum atomic E-state index is 0.656. The summed E-state index contributed by atoms with van der Waals surface area (Å²) in [5.41, 5.74) is 2.47. The van der Waals surface area contributed by atoms with Gasteiger partial charge in [0.1, 0.15) is 12.4 Å². The predicted molar refractivity (Wildman–Crippen MR) is 88.6 cm³/mol. The Labute approximate surface area is 129 Å². The maximum atomic E-state index is 5.71. The Hall–Kier alpha value is -1.48. The molecular weight excluding hydrogens is 314 g/mol. The standard InChI is InChI=1S/C17H20BrNO/c1-2-3-14-4-10-17(11-5-14)20-13-12-19-16-8-6-15(18)7-9-16/h4-11,19H,2-3,12-13H2,1H3. The first kappa shape index (κ1) is 14.9. The van der Waals surface area contributed by atoms with Crippen molar-refractivity contribution in [3.05, 3.63) is 58.6 Å². The zero-order chi connectivity index (χ0) is 14.2. The molecule has 0 aliphatic rings. The molecule has 0 heterocycles. The molecule has 0 saturated carbocycles. The van der Waals surface area contributed by atoms with E-state index in [1.807, 2.05) is 36.4 Å². The summed E-state index contributed by atoms with van der Waals surface area (Å²) in [7, 11) is 0. The van der Waals surface area contributed by atoms with Crippen LogP contribution in [-0.2, 0) is 6.42 Å². The van der Waals surface area contributed by atoms with Gasteiger partial charge in [0, 0.05) is 16.7 Å². The average molecular weight is 334 g/mol. The average Bonchev–Trinajstić information content (AvgIpc) is 2.47. The molecule has 2 rings (SSSR count). The number of anilines is 1. The van der Waals surface area contributed by atoms with Crippen LogP contribution < -0.4 is 10.1 Å². The lowest BCUT2D eigenvalue weighted by Gasteiger charge is -2.09. The smallest absolute Gasteiger partial charge is 0.119 e. The minimum absolute atomic E-state index is 0.656. The lowest BCUT2D eigenvalue weighted by molar-refractivity contribution is 0.333. The van der Waals surface area contributed by atoms with E-state index < -0.39 is 0 Å². The first-order valence-corrected chi connectivity index (χ1v) is 7.78. The van der Waals surface area contributed by atoms with E-state index in [1.165, 1.54) is 12.0 Å². The summed E-state index contributed by atoms with van der Waals surface area (Å²) in [5, 5.41) is 3.33. The molecule has 2 nitrogen and oxygen atoms in total. The van der Waals surface area contributed by atoms with Crippen molar-refractivity contribution in [3.8, 4) is 5.75 Å². The molecule has 1 N–H and O–H groups in total. The Morgan fingerprint density at radius 2 is 1.70 bits per heavy atom. The molecule has 0 aromatic heterocycles. The van der Waals surface area contributed by atoms with Gasteiger partial charge in [-0.15, -0.1) is 0 Å². The van der Waals surface area contributed by atoms with Crippen LogP contribution in [0.3, 0.4) is 0 Å². The van der Waals surface area contributed by atoms with Crippen LogP contribution >= 0.6 is 15.9 Å². The number of halogens is 1. The molecule has 106 valence electrons. The van der Waals surface area contributed by atoms with E-state index in [9.17, 15) is 0 Å². The van der Waals surface area contributed by atoms with Crippen molar-refractivity contribution < 1.29 is 4.74 Å². The van der Waals surface area contributed by atoms with Crippen molar-refractivity contribution >= 4 is 21.6 Å². The molecule has 0 saturated heterocycles. The molecule has 0 bridgehead atoms. The van der Waals surface area contributed by atoms with Crippen molar-refractivity contribution in [2.24, 2.45) is 0 Å². The summed E-state index contributed by atoms with van der Waals surface area (Å²) in [6.45, 7) is 3.64. The fourth-order valence-corrected chi connectivity index (χ4v) is 2.24. The summed E-state index contributed by atoms with van der Waals surface area (Å²) < 4.78 is 6.80. The van der Waals surface area contributed by atoms with Gasteiger partial charge in [-0.05, 0) is 48.4 Å². The maximum absolute atomic E-state index is 5.71. The first-order chi connectivity index (χ1) is 9.78. The fourth-order valence-electron chi connectivity index (χ4n) is 1.97. The van der Waals surface area contributed by atoms with Gasteiger partial charge in [-0.2, -0.15) is 0 Å². The van der Waals surface area contributed by atoms with Gasteiger partial charge in [0.25, 0.3) is 0 Å². The SMILES string of the molecule is CCCc1ccc(OCCNc2ccc(Br)cc2)cc1. The van der Waals surface area contributed by atoms with E-state index in [1.54, 1.807) is 0 Å². The third-order valence-electron chi connectivity index (χ3n) is 3.01. The molecule has 0 fully saturated rings. The van der Waals surface area contributed by atoms with Crippen molar-refractivity contribution in [1.29, 1.82) is 0 Å². The Bertz CT molecular complexity index is 508. The second-order valence-electron chi connectivity index (χ2n) is 4.68. The summed E-state index contributed by atoms with van der Waals surface area (Å²) in [5.74, 6) is 0.933. The van der Waals surface area contributed by atoms with Crippen LogP contribution in [-0.4, -0.2) is 13.2 Å². The van der Waals surface area contributed by atoms with Gasteiger partial charge < -0.3 is 10.1 Å². The van der Waals surface area contributed by atoms with Crippen LogP contribution in [0.15, 0.2) is 53.0 Å². The molecule has 3 heteroatoms. The maximum Gasteiger partial charge on any atom is 0.119 e. The van der Waals surface area contributed by atoms with Gasteiger partial charge in [0.2, 0.25) is 0 Å². The topological polar surface area (TPSA) is 21.3 Å². The number of rotatable bonds is 7. The van der Waals surface area contributed by atoms with Gasteiger partial charge in [-0.3, -0.25) is 0 Å². The number of nitrogens with one attached hydrogen (secondary N) is 1. The third kappa shape index (κ3) is 4.89. The van der Waals surface area contributed by atoms with Crippen LogP contribution in [0.1, 0.15) is 18.9 Å². The van der Waals surface area contributed by atoms with E-state index in [4.69, 9.17) is 4.74 Å². The lowest BCUT2D eigenvalue weighted by atomic mass is 10.1. The highest BCUT2D eigenvalue weighted by Crippen LogP contribution is 2.15. The van der Waals surface area contributed by atoms with Gasteiger partial charge in [-0.1, -0.05) is 41.4 Å². The Kier molecular flexibility index (Phi) is 5.93. The van der Waals surface area contributed by atoms with Crippen LogP contribution in [0, 0.1) is 0 Å². The zero-order valence-corrected chi connectivity index (χ0v) is 13.3. The molecule has 2 aromatic rings. The van der Waals surface area contributed by atoms with Crippen LogP contribution in [0.4, 0.5) is 5.69 Å². The minimum Gasteiger partial charge on any atom is -0.492 e. The molecule has 0 aliphatic carbocycles. The van der Waals surface area contributed by atoms with Crippen LogP contribution in [0.5, 0.6) is 5.75 Å². The van der Waals surface area contributed by atoms with E-state index >= 15 is 0 Å². The molecule has 0 amide bonds. The van der Waals surface area contributed by atoms with Gasteiger partial charge in [0.15, 0.2) is 0 Å². The quantitative estimate of drug-likeness (QED) is 0.728. The second-order valence-corrected chi connectivity index (χ2v) is 5.59. The third-order valence-corrected chi connectivity index (χ3v) is 3.53. The number of aryl methyl sites for hydroxylation is 1. The monoisotopic (exact) mass is 333 g/mol. The van der Waals surface area contributed by atoms with Crippen molar-refractivity contribution in [2.75, 3.05) is 18.5 Å². The van der Waals surface area contributed by atoms with Gasteiger partial charge in [-0.25, -0.2) is 0 Å². The highest BCUT2D eigenvalue weighted by Gasteiger charge is 1.96. The molecule has 2 aromatic carbocycles. The summed E-state index contributed by atoms with van der Waals surface area (Å²) >= 11 is 3.42. The molecule has 20 heavy (non-hydrogen) atoms. The highest BCUT2D eigenvalue weighted by atomic mass is 79.9. The van der Waals surface area contributed by atoms with Crippen molar-refractivity contribution in [2.45, 2.75) is 19.8 Å². The van der Waals surface area contributed by atoms with Gasteiger partial charge >= 0.3 is 0 Å². The van der Waals surface area contributed by atoms with Crippen LogP contribution in [0.25, 0.3) is 0 Å². The lowest BCUT2D eigenvalue weighted by Crippen LogP contribution is -2.11. The number of hydrogen-bond acceptors (Lipinski definition) is 2. The van der Waals surface area contributed by atoms with Crippen molar-refractivity contribution in [1.82, 2.24) is 0 Å². The van der Waals surface area contributed by atoms with E-state index in [0.717, 1.165) is 28.9 Å². The molecule has 0 spiro atoms. The summed E-state index contributed by atoms with van der Waals surface area (Å²) in [6.07, 6.45) is 2.31. The van der Waals surface area contributed by atoms with Crippen LogP contribution in [0.2, 0.25) is 0 Å². The first-order valence-electron chi connectivity index (χ1n) is 6.99. The Morgan fingerprint density at radius 3 is 2.35 bits per heavy atom. The number of benzene rings is 2. The van der Waals surface area contributed by atoms with Crippen molar-refractivity contribution in [3.63, 3.8) is 0 Å². The Morgan fingerprint density at radius 1 is 1.00 bits per heavy atom. The normalized spacial score (nSPS) is 10.3. The van der Waals surface area contributed by atoms with E-state index in [0.29, 0.717) is 6.61 Å². The molecule has 0 unspecified atom stereocenters. The zero-order valence-electron chi connectivity index (χ0n) is 11.7. The summed E-state index contributed by atoms with van der Waals surface area (Å²) in [4.78, 5) is 0. The fraction of sp³-hybridized carbons (Fsp3) is 0.294. The van der Waals surface area contributed by atoms with Gasteiger partial charge in [0.05, 0.1) is 0 Å². The molecular formula is C17H20BrNO. The number of ether oxygens (including phenoxy) is 1. The second kappa shape index (κ2) is 7.95. The highest BCUT2D eigenvalue weighted by molar-refractivity contribution is 9.10. The molecule has 0 radical (unpaired) electrons. The molecule has 0 aliphatic heterocycles. The number of hydrogen-bond donors (Lipinski definition) is 1. The molecule has 0 atom stereocenters. The largest absolute Gasteiger partial charge is 0.492 e. The Balaban J connectivity index is 1.71.